The summed E-state index contributed by atoms with van der Waals surface area (Å²) in [6.07, 6.45) is 0.764. The monoisotopic (exact) mass is 459 g/mol. The molecule has 0 aromatic heterocycles. The summed E-state index contributed by atoms with van der Waals surface area (Å²) in [6, 6.07) is 5.42. The first-order valence-electron chi connectivity index (χ1n) is 11.7. The Morgan fingerprint density at radius 1 is 1.00 bits per heavy atom. The molecule has 0 spiro atoms. The molecule has 9 nitrogen and oxygen atoms in total. The van der Waals surface area contributed by atoms with Gasteiger partial charge >= 0.3 is 6.09 Å². The molecular weight excluding hydrogens is 422 g/mol. The Morgan fingerprint density at radius 3 is 2.39 bits per heavy atom. The van der Waals surface area contributed by atoms with Crippen molar-refractivity contribution >= 4 is 29.3 Å². The number of piperazine rings is 1. The number of carbonyl (C=O) groups is 3. The quantitative estimate of drug-likeness (QED) is 0.718. The summed E-state index contributed by atoms with van der Waals surface area (Å²) in [5.41, 5.74) is 1.84. The lowest BCUT2D eigenvalue weighted by Crippen LogP contribution is -2.46. The molecule has 3 amide bonds. The summed E-state index contributed by atoms with van der Waals surface area (Å²) in [5.74, 6) is 0.125. The molecule has 0 unspecified atom stereocenters. The highest BCUT2D eigenvalue weighted by Gasteiger charge is 2.26. The van der Waals surface area contributed by atoms with Gasteiger partial charge in [-0.05, 0) is 30.0 Å². The number of hydrogen-bond acceptors (Lipinski definition) is 6. The number of amides is 3. The van der Waals surface area contributed by atoms with Crippen LogP contribution in [-0.2, 0) is 9.53 Å². The molecule has 3 rings (SSSR count). The molecular formula is C24H37N5O4. The Hall–Kier alpha value is -2.81. The van der Waals surface area contributed by atoms with Gasteiger partial charge in [-0.25, -0.2) is 4.79 Å². The normalized spacial score (nSPS) is 17.4. The molecule has 9 heteroatoms. The van der Waals surface area contributed by atoms with Crippen molar-refractivity contribution in [2.45, 2.75) is 33.6 Å². The average Bonchev–Trinajstić information content (AvgIpc) is 3.04. The lowest BCUT2D eigenvalue weighted by molar-refractivity contribution is -0.132. The number of nitrogens with zero attached hydrogens (tertiary/aromatic N) is 3. The minimum Gasteiger partial charge on any atom is -0.453 e. The molecule has 0 aliphatic carbocycles. The highest BCUT2D eigenvalue weighted by atomic mass is 16.5. The van der Waals surface area contributed by atoms with E-state index in [0.29, 0.717) is 50.4 Å². The van der Waals surface area contributed by atoms with Crippen LogP contribution in [0.2, 0.25) is 0 Å². The third kappa shape index (κ3) is 6.83. The van der Waals surface area contributed by atoms with Crippen LogP contribution in [0.25, 0.3) is 0 Å². The fraction of sp³-hybridized carbons (Fsp3) is 0.625. The first-order chi connectivity index (χ1) is 15.7. The first-order valence-corrected chi connectivity index (χ1v) is 11.7. The van der Waals surface area contributed by atoms with Gasteiger partial charge in [0, 0.05) is 64.3 Å². The van der Waals surface area contributed by atoms with Crippen LogP contribution < -0.4 is 15.5 Å². The van der Waals surface area contributed by atoms with Crippen LogP contribution in [0.5, 0.6) is 0 Å². The minimum absolute atomic E-state index is 0.0481. The molecule has 33 heavy (non-hydrogen) atoms. The van der Waals surface area contributed by atoms with Gasteiger partial charge in [0.05, 0.1) is 18.5 Å². The van der Waals surface area contributed by atoms with Crippen molar-refractivity contribution in [1.82, 2.24) is 15.1 Å². The molecule has 2 fully saturated rings. The standard InChI is InChI=1S/C24H37N5O4/c1-24(2,3)17-21(30)28-11-5-10-27(14-15-28)20-7-6-18(16-19(20)26-23(32)33-4)22(31)29-12-8-25-9-13-29/h6-7,16,25H,5,8-15,17H2,1-4H3,(H,26,32). The van der Waals surface area contributed by atoms with E-state index in [-0.39, 0.29) is 17.2 Å². The van der Waals surface area contributed by atoms with E-state index in [9.17, 15) is 14.4 Å². The molecule has 2 saturated heterocycles. The first kappa shape index (κ1) is 24.8. The third-order valence-corrected chi connectivity index (χ3v) is 5.94. The third-order valence-electron chi connectivity index (χ3n) is 5.94. The molecule has 0 saturated carbocycles. The van der Waals surface area contributed by atoms with Crippen molar-refractivity contribution in [3.63, 3.8) is 0 Å². The molecule has 2 heterocycles. The largest absolute Gasteiger partial charge is 0.453 e. The van der Waals surface area contributed by atoms with Gasteiger partial charge < -0.3 is 24.8 Å². The van der Waals surface area contributed by atoms with Gasteiger partial charge in [0.15, 0.2) is 0 Å². The lowest BCUT2D eigenvalue weighted by atomic mass is 9.91. The fourth-order valence-corrected chi connectivity index (χ4v) is 4.23. The van der Waals surface area contributed by atoms with Gasteiger partial charge in [0.25, 0.3) is 5.91 Å². The molecule has 2 aliphatic rings. The number of hydrogen-bond donors (Lipinski definition) is 2. The van der Waals surface area contributed by atoms with Gasteiger partial charge in [-0.3, -0.25) is 14.9 Å². The van der Waals surface area contributed by atoms with Crippen molar-refractivity contribution in [2.24, 2.45) is 5.41 Å². The molecule has 0 atom stereocenters. The Balaban J connectivity index is 1.78. The molecule has 2 N–H and O–H groups in total. The summed E-state index contributed by atoms with van der Waals surface area (Å²) in [6.45, 7) is 11.8. The summed E-state index contributed by atoms with van der Waals surface area (Å²) >= 11 is 0. The van der Waals surface area contributed by atoms with E-state index in [1.165, 1.54) is 7.11 Å². The topological polar surface area (TPSA) is 94.2 Å². The molecule has 2 aliphatic heterocycles. The number of ether oxygens (including phenoxy) is 1. The van der Waals surface area contributed by atoms with Crippen LogP contribution >= 0.6 is 0 Å². The van der Waals surface area contributed by atoms with E-state index >= 15 is 0 Å². The van der Waals surface area contributed by atoms with Gasteiger partial charge in [-0.2, -0.15) is 0 Å². The van der Waals surface area contributed by atoms with E-state index in [0.717, 1.165) is 31.7 Å². The van der Waals surface area contributed by atoms with Gasteiger partial charge in [0.2, 0.25) is 5.91 Å². The van der Waals surface area contributed by atoms with Crippen molar-refractivity contribution in [1.29, 1.82) is 0 Å². The maximum Gasteiger partial charge on any atom is 0.411 e. The Kier molecular flexibility index (Phi) is 8.18. The SMILES string of the molecule is COC(=O)Nc1cc(C(=O)N2CCNCC2)ccc1N1CCCN(C(=O)CC(C)(C)C)CC1. The zero-order valence-corrected chi connectivity index (χ0v) is 20.3. The van der Waals surface area contributed by atoms with E-state index in [1.807, 2.05) is 21.9 Å². The molecule has 0 bridgehead atoms. The van der Waals surface area contributed by atoms with E-state index in [1.54, 1.807) is 6.07 Å². The van der Waals surface area contributed by atoms with Crippen LogP contribution in [0.15, 0.2) is 18.2 Å². The number of rotatable bonds is 4. The molecule has 0 radical (unpaired) electrons. The van der Waals surface area contributed by atoms with Gasteiger partial charge in [-0.15, -0.1) is 0 Å². The Labute approximate surface area is 196 Å². The number of nitrogens with one attached hydrogen (secondary N) is 2. The highest BCUT2D eigenvalue weighted by Crippen LogP contribution is 2.30. The number of anilines is 2. The second-order valence-corrected chi connectivity index (χ2v) is 9.85. The van der Waals surface area contributed by atoms with Crippen LogP contribution in [0, 0.1) is 5.41 Å². The van der Waals surface area contributed by atoms with Crippen molar-refractivity contribution < 1.29 is 19.1 Å². The average molecular weight is 460 g/mol. The fourth-order valence-electron chi connectivity index (χ4n) is 4.23. The highest BCUT2D eigenvalue weighted by molar-refractivity contribution is 5.98. The van der Waals surface area contributed by atoms with Crippen LogP contribution in [0.4, 0.5) is 16.2 Å². The maximum absolute atomic E-state index is 13.0. The zero-order chi connectivity index (χ0) is 24.0. The van der Waals surface area contributed by atoms with Crippen LogP contribution in [0.1, 0.15) is 44.0 Å². The number of carbonyl (C=O) groups excluding carboxylic acids is 3. The molecule has 1 aromatic rings. The second kappa shape index (κ2) is 10.9. The van der Waals surface area contributed by atoms with E-state index < -0.39 is 6.09 Å². The van der Waals surface area contributed by atoms with E-state index in [4.69, 9.17) is 4.74 Å². The summed E-state index contributed by atoms with van der Waals surface area (Å²) in [5, 5.41) is 6.02. The number of methoxy groups -OCH3 is 1. The van der Waals surface area contributed by atoms with Crippen LogP contribution in [-0.4, -0.2) is 87.2 Å². The minimum atomic E-state index is -0.583. The van der Waals surface area contributed by atoms with Gasteiger partial charge in [0.1, 0.15) is 0 Å². The maximum atomic E-state index is 13.0. The second-order valence-electron chi connectivity index (χ2n) is 9.85. The predicted molar refractivity (Wildman–Crippen MR) is 129 cm³/mol. The predicted octanol–water partition coefficient (Wildman–Crippen LogP) is 2.39. The Morgan fingerprint density at radius 2 is 1.73 bits per heavy atom. The van der Waals surface area contributed by atoms with Crippen molar-refractivity contribution in [3.05, 3.63) is 23.8 Å². The molecule has 182 valence electrons. The van der Waals surface area contributed by atoms with Gasteiger partial charge in [-0.1, -0.05) is 20.8 Å². The van der Waals surface area contributed by atoms with E-state index in [2.05, 4.69) is 36.3 Å². The summed E-state index contributed by atoms with van der Waals surface area (Å²) < 4.78 is 4.81. The van der Waals surface area contributed by atoms with Crippen molar-refractivity contribution in [2.75, 3.05) is 69.7 Å². The lowest BCUT2D eigenvalue weighted by Gasteiger charge is -2.29. The summed E-state index contributed by atoms with van der Waals surface area (Å²) in [4.78, 5) is 43.6. The Bertz CT molecular complexity index is 861. The summed E-state index contributed by atoms with van der Waals surface area (Å²) in [7, 11) is 1.31. The molecule has 1 aromatic carbocycles. The van der Waals surface area contributed by atoms with Crippen LogP contribution in [0.3, 0.4) is 0 Å². The zero-order valence-electron chi connectivity index (χ0n) is 20.3. The number of benzene rings is 1. The smallest absolute Gasteiger partial charge is 0.411 e. The van der Waals surface area contributed by atoms with Crippen molar-refractivity contribution in [3.8, 4) is 0 Å².